The molecule has 0 spiro atoms. The van der Waals surface area contributed by atoms with E-state index in [1.54, 1.807) is 13.8 Å². The van der Waals surface area contributed by atoms with E-state index in [0.717, 1.165) is 0 Å². The molecule has 0 aliphatic carbocycles. The molecule has 0 bridgehead atoms. The third-order valence-corrected chi connectivity index (χ3v) is 2.36. The lowest BCUT2D eigenvalue weighted by Crippen LogP contribution is -2.36. The maximum absolute atomic E-state index is 11.8. The molecule has 0 heterocycles. The SMILES string of the molecule is CCN(CCO)C(=O)CC(C)(C)CC(=O)O. The molecule has 0 unspecified atom stereocenters. The lowest BCUT2D eigenvalue weighted by molar-refractivity contribution is -0.140. The largest absolute Gasteiger partial charge is 0.481 e. The highest BCUT2D eigenvalue weighted by molar-refractivity contribution is 5.78. The first-order valence-electron chi connectivity index (χ1n) is 5.43. The Hall–Kier alpha value is -1.10. The molecule has 0 fully saturated rings. The van der Waals surface area contributed by atoms with Crippen LogP contribution < -0.4 is 0 Å². The van der Waals surface area contributed by atoms with Gasteiger partial charge < -0.3 is 15.1 Å². The van der Waals surface area contributed by atoms with Crippen LogP contribution in [-0.4, -0.2) is 46.7 Å². The highest BCUT2D eigenvalue weighted by Gasteiger charge is 2.27. The van der Waals surface area contributed by atoms with E-state index in [1.165, 1.54) is 4.90 Å². The van der Waals surface area contributed by atoms with E-state index in [9.17, 15) is 9.59 Å². The van der Waals surface area contributed by atoms with Gasteiger partial charge in [0.1, 0.15) is 0 Å². The summed E-state index contributed by atoms with van der Waals surface area (Å²) in [5, 5.41) is 17.5. The molecule has 0 saturated heterocycles. The summed E-state index contributed by atoms with van der Waals surface area (Å²) in [5.74, 6) is -1.01. The van der Waals surface area contributed by atoms with Gasteiger partial charge in [-0.25, -0.2) is 0 Å². The molecular weight excluding hydrogens is 210 g/mol. The fourth-order valence-corrected chi connectivity index (χ4v) is 1.57. The predicted octanol–water partition coefficient (Wildman–Crippen LogP) is 0.718. The van der Waals surface area contributed by atoms with E-state index in [-0.39, 0.29) is 25.4 Å². The molecule has 0 rings (SSSR count). The summed E-state index contributed by atoms with van der Waals surface area (Å²) >= 11 is 0. The zero-order valence-electron chi connectivity index (χ0n) is 10.2. The van der Waals surface area contributed by atoms with Crippen LogP contribution in [-0.2, 0) is 9.59 Å². The number of aliphatic carboxylic acids is 1. The Labute approximate surface area is 96.1 Å². The van der Waals surface area contributed by atoms with Gasteiger partial charge in [-0.3, -0.25) is 9.59 Å². The van der Waals surface area contributed by atoms with E-state index >= 15 is 0 Å². The highest BCUT2D eigenvalue weighted by Crippen LogP contribution is 2.25. The fraction of sp³-hybridized carbons (Fsp3) is 0.818. The second-order valence-electron chi connectivity index (χ2n) is 4.61. The van der Waals surface area contributed by atoms with Gasteiger partial charge in [0.05, 0.1) is 13.0 Å². The molecule has 94 valence electrons. The van der Waals surface area contributed by atoms with Crippen molar-refractivity contribution < 1.29 is 19.8 Å². The van der Waals surface area contributed by atoms with Crippen molar-refractivity contribution in [3.8, 4) is 0 Å². The monoisotopic (exact) mass is 231 g/mol. The number of carbonyl (C=O) groups excluding carboxylic acids is 1. The second kappa shape index (κ2) is 6.48. The second-order valence-corrected chi connectivity index (χ2v) is 4.61. The Morgan fingerprint density at radius 3 is 2.19 bits per heavy atom. The van der Waals surface area contributed by atoms with Crippen molar-refractivity contribution in [2.45, 2.75) is 33.6 Å². The van der Waals surface area contributed by atoms with Crippen LogP contribution in [0.1, 0.15) is 33.6 Å². The van der Waals surface area contributed by atoms with Gasteiger partial charge in [-0.05, 0) is 12.3 Å². The van der Waals surface area contributed by atoms with E-state index in [4.69, 9.17) is 10.2 Å². The molecule has 0 aromatic carbocycles. The Morgan fingerprint density at radius 2 is 1.81 bits per heavy atom. The molecule has 0 atom stereocenters. The van der Waals surface area contributed by atoms with Crippen LogP contribution in [0.3, 0.4) is 0 Å². The van der Waals surface area contributed by atoms with Crippen LogP contribution in [0.4, 0.5) is 0 Å². The first kappa shape index (κ1) is 14.9. The molecule has 5 heteroatoms. The van der Waals surface area contributed by atoms with Gasteiger partial charge in [-0.15, -0.1) is 0 Å². The molecule has 16 heavy (non-hydrogen) atoms. The number of aliphatic hydroxyl groups is 1. The Morgan fingerprint density at radius 1 is 1.25 bits per heavy atom. The molecule has 0 aromatic rings. The fourth-order valence-electron chi connectivity index (χ4n) is 1.57. The van der Waals surface area contributed by atoms with Crippen molar-refractivity contribution in [2.75, 3.05) is 19.7 Å². The Kier molecular flexibility index (Phi) is 6.03. The summed E-state index contributed by atoms with van der Waals surface area (Å²) in [7, 11) is 0. The zero-order valence-corrected chi connectivity index (χ0v) is 10.2. The maximum Gasteiger partial charge on any atom is 0.303 e. The summed E-state index contributed by atoms with van der Waals surface area (Å²) in [4.78, 5) is 23.9. The lowest BCUT2D eigenvalue weighted by atomic mass is 9.85. The van der Waals surface area contributed by atoms with E-state index < -0.39 is 11.4 Å². The standard InChI is InChI=1S/C11H21NO4/c1-4-12(5-6-13)9(14)7-11(2,3)8-10(15)16/h13H,4-8H2,1-3H3,(H,15,16). The average Bonchev–Trinajstić information content (AvgIpc) is 2.10. The topological polar surface area (TPSA) is 77.8 Å². The van der Waals surface area contributed by atoms with Crippen LogP contribution >= 0.6 is 0 Å². The van der Waals surface area contributed by atoms with E-state index in [1.807, 2.05) is 6.92 Å². The van der Waals surface area contributed by atoms with E-state index in [2.05, 4.69) is 0 Å². The summed E-state index contributed by atoms with van der Waals surface area (Å²) in [6.07, 6.45) is 0.155. The number of carboxylic acid groups (broad SMARTS) is 1. The van der Waals surface area contributed by atoms with Gasteiger partial charge >= 0.3 is 5.97 Å². The minimum Gasteiger partial charge on any atom is -0.481 e. The minimum atomic E-state index is -0.900. The number of carboxylic acids is 1. The quantitative estimate of drug-likeness (QED) is 0.676. The van der Waals surface area contributed by atoms with Crippen LogP contribution in [0.2, 0.25) is 0 Å². The molecular formula is C11H21NO4. The summed E-state index contributed by atoms with van der Waals surface area (Å²) in [6, 6.07) is 0. The molecule has 0 saturated carbocycles. The van der Waals surface area contributed by atoms with Crippen LogP contribution in [0.15, 0.2) is 0 Å². The zero-order chi connectivity index (χ0) is 12.8. The van der Waals surface area contributed by atoms with Crippen molar-refractivity contribution >= 4 is 11.9 Å². The first-order chi connectivity index (χ1) is 7.32. The third-order valence-electron chi connectivity index (χ3n) is 2.36. The summed E-state index contributed by atoms with van der Waals surface area (Å²) in [5.41, 5.74) is -0.550. The number of hydrogen-bond donors (Lipinski definition) is 2. The molecule has 1 amide bonds. The highest BCUT2D eigenvalue weighted by atomic mass is 16.4. The third kappa shape index (κ3) is 5.70. The predicted molar refractivity (Wildman–Crippen MR) is 60.0 cm³/mol. The summed E-state index contributed by atoms with van der Waals surface area (Å²) in [6.45, 7) is 6.11. The van der Waals surface area contributed by atoms with Crippen LogP contribution in [0, 0.1) is 5.41 Å². The smallest absolute Gasteiger partial charge is 0.303 e. The van der Waals surface area contributed by atoms with Gasteiger partial charge in [0.25, 0.3) is 0 Å². The first-order valence-corrected chi connectivity index (χ1v) is 5.43. The Bertz CT molecular complexity index is 250. The number of nitrogens with zero attached hydrogens (tertiary/aromatic N) is 1. The Balaban J connectivity index is 4.34. The number of hydrogen-bond acceptors (Lipinski definition) is 3. The van der Waals surface area contributed by atoms with Crippen molar-refractivity contribution in [2.24, 2.45) is 5.41 Å². The van der Waals surface area contributed by atoms with Crippen LogP contribution in [0.5, 0.6) is 0 Å². The molecule has 2 N–H and O–H groups in total. The van der Waals surface area contributed by atoms with Crippen molar-refractivity contribution in [3.63, 3.8) is 0 Å². The van der Waals surface area contributed by atoms with Crippen LogP contribution in [0.25, 0.3) is 0 Å². The normalized spacial score (nSPS) is 11.2. The number of amides is 1. The van der Waals surface area contributed by atoms with Gasteiger partial charge in [0.2, 0.25) is 5.91 Å². The molecule has 0 aliphatic heterocycles. The summed E-state index contributed by atoms with van der Waals surface area (Å²) < 4.78 is 0. The van der Waals surface area contributed by atoms with Crippen molar-refractivity contribution in [3.05, 3.63) is 0 Å². The van der Waals surface area contributed by atoms with Gasteiger partial charge in [0, 0.05) is 19.5 Å². The van der Waals surface area contributed by atoms with Gasteiger partial charge in [-0.1, -0.05) is 13.8 Å². The van der Waals surface area contributed by atoms with Gasteiger partial charge in [0.15, 0.2) is 0 Å². The average molecular weight is 231 g/mol. The maximum atomic E-state index is 11.8. The molecule has 0 aromatic heterocycles. The van der Waals surface area contributed by atoms with Crippen molar-refractivity contribution in [1.29, 1.82) is 0 Å². The lowest BCUT2D eigenvalue weighted by Gasteiger charge is -2.26. The minimum absolute atomic E-state index is 0.0323. The molecule has 5 nitrogen and oxygen atoms in total. The number of likely N-dealkylation sites (N-methyl/N-ethyl adjacent to an activating group) is 1. The van der Waals surface area contributed by atoms with Crippen molar-refractivity contribution in [1.82, 2.24) is 4.90 Å². The number of carbonyl (C=O) groups is 2. The number of aliphatic hydroxyl groups excluding tert-OH is 1. The van der Waals surface area contributed by atoms with E-state index in [0.29, 0.717) is 13.1 Å². The molecule has 0 aliphatic rings. The number of rotatable bonds is 7. The van der Waals surface area contributed by atoms with Gasteiger partial charge in [-0.2, -0.15) is 0 Å². The molecule has 0 radical (unpaired) electrons.